The maximum absolute atomic E-state index is 12.2. The van der Waals surface area contributed by atoms with E-state index in [9.17, 15) is 13.2 Å². The Balaban J connectivity index is 1.85. The summed E-state index contributed by atoms with van der Waals surface area (Å²) in [6.07, 6.45) is 0.763. The molecule has 1 aromatic carbocycles. The summed E-state index contributed by atoms with van der Waals surface area (Å²) in [5.74, 6) is 0.00160. The van der Waals surface area contributed by atoms with Gasteiger partial charge >= 0.3 is 0 Å². The van der Waals surface area contributed by atoms with Crippen molar-refractivity contribution >= 4 is 15.9 Å². The van der Waals surface area contributed by atoms with Crippen molar-refractivity contribution in [2.75, 3.05) is 13.1 Å². The van der Waals surface area contributed by atoms with Crippen molar-refractivity contribution in [3.05, 3.63) is 47.3 Å². The molecule has 0 aliphatic carbocycles. The molecule has 1 heterocycles. The van der Waals surface area contributed by atoms with Crippen LogP contribution >= 0.6 is 0 Å². The lowest BCUT2D eigenvalue weighted by atomic mass is 10.2. The molecule has 7 nitrogen and oxygen atoms in total. The largest absolute Gasteiger partial charge is 0.352 e. The zero-order valence-electron chi connectivity index (χ0n) is 16.3. The van der Waals surface area contributed by atoms with Crippen LogP contribution in [0.3, 0.4) is 0 Å². The van der Waals surface area contributed by atoms with Gasteiger partial charge in [0.15, 0.2) is 0 Å². The highest BCUT2D eigenvalue weighted by Gasteiger charge is 2.15. The third-order valence-electron chi connectivity index (χ3n) is 4.04. The first kappa shape index (κ1) is 21.1. The minimum absolute atomic E-state index is 0.157. The van der Waals surface area contributed by atoms with E-state index in [-0.39, 0.29) is 16.7 Å². The fourth-order valence-corrected chi connectivity index (χ4v) is 3.79. The van der Waals surface area contributed by atoms with E-state index >= 15 is 0 Å². The highest BCUT2D eigenvalue weighted by atomic mass is 32.2. The maximum Gasteiger partial charge on any atom is 0.251 e. The van der Waals surface area contributed by atoms with Gasteiger partial charge in [0.25, 0.3) is 5.91 Å². The average molecular weight is 393 g/mol. The fourth-order valence-electron chi connectivity index (χ4n) is 2.58. The van der Waals surface area contributed by atoms with Gasteiger partial charge in [-0.05, 0) is 56.5 Å². The molecule has 0 saturated heterocycles. The number of carbonyl (C=O) groups excluding carboxylic acids is 1. The normalized spacial score (nSPS) is 11.7. The molecule has 2 rings (SSSR count). The number of benzene rings is 1. The second-order valence-corrected chi connectivity index (χ2v) is 8.80. The number of amides is 1. The van der Waals surface area contributed by atoms with Gasteiger partial charge in [0.05, 0.1) is 10.6 Å². The number of nitrogens with zero attached hydrogens (tertiary/aromatic N) is 2. The molecular weight excluding hydrogens is 364 g/mol. The zero-order valence-corrected chi connectivity index (χ0v) is 17.1. The van der Waals surface area contributed by atoms with Crippen LogP contribution in [0.5, 0.6) is 0 Å². The Morgan fingerprint density at radius 3 is 2.41 bits per heavy atom. The third-order valence-corrected chi connectivity index (χ3v) is 5.48. The van der Waals surface area contributed by atoms with E-state index in [2.05, 4.69) is 15.1 Å². The molecule has 27 heavy (non-hydrogen) atoms. The number of carbonyl (C=O) groups is 1. The second kappa shape index (κ2) is 9.14. The molecule has 0 spiro atoms. The second-order valence-electron chi connectivity index (χ2n) is 7.03. The Labute approximate surface area is 161 Å². The van der Waals surface area contributed by atoms with Gasteiger partial charge in [-0.25, -0.2) is 13.1 Å². The van der Waals surface area contributed by atoms with E-state index in [1.165, 1.54) is 24.3 Å². The Morgan fingerprint density at radius 2 is 1.85 bits per heavy atom. The fraction of sp³-hybridized carbons (Fsp3) is 0.474. The summed E-state index contributed by atoms with van der Waals surface area (Å²) in [6, 6.07) is 7.98. The molecule has 148 valence electrons. The predicted octanol–water partition coefficient (Wildman–Crippen LogP) is 2.25. The Kier molecular flexibility index (Phi) is 7.15. The van der Waals surface area contributed by atoms with E-state index in [0.29, 0.717) is 18.7 Å². The van der Waals surface area contributed by atoms with Crippen molar-refractivity contribution in [2.24, 2.45) is 5.92 Å². The average Bonchev–Trinajstić information content (AvgIpc) is 2.94. The molecule has 2 aromatic rings. The molecule has 8 heteroatoms. The van der Waals surface area contributed by atoms with Crippen LogP contribution in [-0.2, 0) is 16.6 Å². The standard InChI is InChI=1S/C19H28N4O3S/c1-14(2)13-21-27(25,26)18-8-6-17(7-9-18)19(24)20-10-5-11-23-16(4)12-15(3)22-23/h6-9,12,14,21H,5,10-11,13H2,1-4H3,(H,20,24). The van der Waals surface area contributed by atoms with Crippen molar-refractivity contribution in [2.45, 2.75) is 45.6 Å². The molecule has 0 saturated carbocycles. The van der Waals surface area contributed by atoms with Gasteiger partial charge in [-0.2, -0.15) is 5.10 Å². The lowest BCUT2D eigenvalue weighted by molar-refractivity contribution is 0.0952. The lowest BCUT2D eigenvalue weighted by Crippen LogP contribution is -2.28. The van der Waals surface area contributed by atoms with Crippen LogP contribution in [0.25, 0.3) is 0 Å². The molecule has 1 amide bonds. The molecule has 0 fully saturated rings. The number of rotatable bonds is 9. The van der Waals surface area contributed by atoms with Gasteiger partial charge in [-0.3, -0.25) is 9.48 Å². The summed E-state index contributed by atoms with van der Waals surface area (Å²) in [4.78, 5) is 12.4. The van der Waals surface area contributed by atoms with E-state index < -0.39 is 10.0 Å². The monoisotopic (exact) mass is 392 g/mol. The molecule has 2 N–H and O–H groups in total. The van der Waals surface area contributed by atoms with Crippen molar-refractivity contribution in [3.63, 3.8) is 0 Å². The minimum Gasteiger partial charge on any atom is -0.352 e. The molecular formula is C19H28N4O3S. The third kappa shape index (κ3) is 6.18. The van der Waals surface area contributed by atoms with Crippen LogP contribution in [0, 0.1) is 19.8 Å². The quantitative estimate of drug-likeness (QED) is 0.640. The molecule has 0 radical (unpaired) electrons. The number of nitrogens with one attached hydrogen (secondary N) is 2. The highest BCUT2D eigenvalue weighted by molar-refractivity contribution is 7.89. The van der Waals surface area contributed by atoms with E-state index in [0.717, 1.165) is 24.4 Å². The topological polar surface area (TPSA) is 93.1 Å². The Bertz CT molecular complexity index is 871. The summed E-state index contributed by atoms with van der Waals surface area (Å²) in [5, 5.41) is 7.23. The molecule has 0 aliphatic rings. The van der Waals surface area contributed by atoms with Gasteiger partial charge in [0.1, 0.15) is 0 Å². The van der Waals surface area contributed by atoms with Crippen molar-refractivity contribution in [1.82, 2.24) is 19.8 Å². The van der Waals surface area contributed by atoms with Gasteiger partial charge < -0.3 is 5.32 Å². The molecule has 0 unspecified atom stereocenters. The van der Waals surface area contributed by atoms with Crippen molar-refractivity contribution in [1.29, 1.82) is 0 Å². The minimum atomic E-state index is -3.54. The molecule has 0 atom stereocenters. The number of aromatic nitrogens is 2. The molecule has 0 aliphatic heterocycles. The molecule has 0 bridgehead atoms. The Morgan fingerprint density at radius 1 is 1.19 bits per heavy atom. The number of aryl methyl sites for hydroxylation is 3. The van der Waals surface area contributed by atoms with Crippen LogP contribution in [-0.4, -0.2) is 37.2 Å². The summed E-state index contributed by atoms with van der Waals surface area (Å²) in [5.41, 5.74) is 2.51. The van der Waals surface area contributed by atoms with Gasteiger partial charge in [0.2, 0.25) is 10.0 Å². The first-order valence-corrected chi connectivity index (χ1v) is 10.6. The summed E-state index contributed by atoms with van der Waals surface area (Å²) in [7, 11) is -3.54. The van der Waals surface area contributed by atoms with Crippen LogP contribution < -0.4 is 10.0 Å². The van der Waals surface area contributed by atoms with Crippen LogP contribution in [0.1, 0.15) is 42.0 Å². The summed E-state index contributed by atoms with van der Waals surface area (Å²) >= 11 is 0. The van der Waals surface area contributed by atoms with Crippen LogP contribution in [0.2, 0.25) is 0 Å². The van der Waals surface area contributed by atoms with Gasteiger partial charge in [0, 0.05) is 30.9 Å². The van der Waals surface area contributed by atoms with Crippen LogP contribution in [0.4, 0.5) is 0 Å². The molecule has 1 aromatic heterocycles. The van der Waals surface area contributed by atoms with Crippen LogP contribution in [0.15, 0.2) is 35.2 Å². The Hall–Kier alpha value is -2.19. The number of hydrogen-bond acceptors (Lipinski definition) is 4. The SMILES string of the molecule is Cc1cc(C)n(CCCNC(=O)c2ccc(S(=O)(=O)NCC(C)C)cc2)n1. The van der Waals surface area contributed by atoms with E-state index in [1.807, 2.05) is 38.4 Å². The smallest absolute Gasteiger partial charge is 0.251 e. The number of hydrogen-bond donors (Lipinski definition) is 2. The van der Waals surface area contributed by atoms with Gasteiger partial charge in [-0.15, -0.1) is 0 Å². The highest BCUT2D eigenvalue weighted by Crippen LogP contribution is 2.11. The van der Waals surface area contributed by atoms with Crippen molar-refractivity contribution in [3.8, 4) is 0 Å². The van der Waals surface area contributed by atoms with Crippen molar-refractivity contribution < 1.29 is 13.2 Å². The maximum atomic E-state index is 12.2. The summed E-state index contributed by atoms with van der Waals surface area (Å²) < 4.78 is 28.8. The zero-order chi connectivity index (χ0) is 20.0. The van der Waals surface area contributed by atoms with Gasteiger partial charge in [-0.1, -0.05) is 13.8 Å². The first-order valence-electron chi connectivity index (χ1n) is 9.08. The first-order chi connectivity index (χ1) is 12.7. The summed E-state index contributed by atoms with van der Waals surface area (Å²) in [6.45, 7) is 9.46. The van der Waals surface area contributed by atoms with E-state index in [1.54, 1.807) is 0 Å². The number of sulfonamides is 1. The lowest BCUT2D eigenvalue weighted by Gasteiger charge is -2.10. The van der Waals surface area contributed by atoms with E-state index in [4.69, 9.17) is 0 Å². The predicted molar refractivity (Wildman–Crippen MR) is 105 cm³/mol.